The summed E-state index contributed by atoms with van der Waals surface area (Å²) in [6.07, 6.45) is 3.88. The molecule has 0 aromatic rings. The number of rotatable bonds is 4. The molecule has 0 bridgehead atoms. The van der Waals surface area contributed by atoms with E-state index < -0.39 is 17.7 Å². The van der Waals surface area contributed by atoms with Gasteiger partial charge >= 0.3 is 11.9 Å². The summed E-state index contributed by atoms with van der Waals surface area (Å²) in [5, 5.41) is 16.9. The summed E-state index contributed by atoms with van der Waals surface area (Å²) in [4.78, 5) is 21.3. The van der Waals surface area contributed by atoms with Crippen LogP contribution in [-0.4, -0.2) is 45.7 Å². The van der Waals surface area contributed by atoms with Gasteiger partial charge < -0.3 is 19.7 Å². The van der Waals surface area contributed by atoms with Crippen LogP contribution in [0, 0.1) is 17.8 Å². The normalized spacial score (nSPS) is 32.6. The Balaban J connectivity index is 0.000000272. The van der Waals surface area contributed by atoms with Crippen LogP contribution in [0.2, 0.25) is 0 Å². The van der Waals surface area contributed by atoms with Crippen molar-refractivity contribution in [3.8, 4) is 0 Å². The fourth-order valence-corrected chi connectivity index (χ4v) is 3.74. The van der Waals surface area contributed by atoms with Gasteiger partial charge in [-0.3, -0.25) is 0 Å². The predicted octanol–water partition coefficient (Wildman–Crippen LogP) is 2.66. The third-order valence-electron chi connectivity index (χ3n) is 4.27. The van der Waals surface area contributed by atoms with Crippen molar-refractivity contribution in [2.24, 2.45) is 17.8 Å². The summed E-state index contributed by atoms with van der Waals surface area (Å²) < 4.78 is 9.97. The third kappa shape index (κ3) is 6.83. The lowest BCUT2D eigenvalue weighted by atomic mass is 9.75. The molecule has 1 heterocycles. The highest BCUT2D eigenvalue weighted by Crippen LogP contribution is 2.35. The van der Waals surface area contributed by atoms with Gasteiger partial charge in [0.05, 0.1) is 0 Å². The van der Waals surface area contributed by atoms with E-state index in [9.17, 15) is 9.59 Å². The van der Waals surface area contributed by atoms with Crippen molar-refractivity contribution in [1.82, 2.24) is 0 Å². The Morgan fingerprint density at radius 3 is 2.46 bits per heavy atom. The number of carbonyl (C=O) groups excluding carboxylic acids is 1. The highest BCUT2D eigenvalue weighted by atomic mass is 32.2. The van der Waals surface area contributed by atoms with Gasteiger partial charge in [-0.1, -0.05) is 33.8 Å². The third-order valence-corrected chi connectivity index (χ3v) is 5.36. The lowest BCUT2D eigenvalue weighted by Gasteiger charge is -2.36. The van der Waals surface area contributed by atoms with Crippen LogP contribution in [-0.2, 0) is 19.1 Å². The van der Waals surface area contributed by atoms with Crippen molar-refractivity contribution in [2.75, 3.05) is 5.75 Å². The molecule has 0 radical (unpaired) electrons. The van der Waals surface area contributed by atoms with Crippen LogP contribution in [0.15, 0.2) is 12.7 Å². The molecular formula is C17H28O6S. The van der Waals surface area contributed by atoms with Crippen LogP contribution < -0.4 is 0 Å². The molecule has 1 saturated heterocycles. The Labute approximate surface area is 147 Å². The van der Waals surface area contributed by atoms with E-state index in [0.717, 1.165) is 18.2 Å². The number of ether oxygens (including phenoxy) is 2. The minimum absolute atomic E-state index is 0.0965. The number of aliphatic carboxylic acids is 1. The molecule has 0 amide bonds. The molecule has 2 fully saturated rings. The minimum Gasteiger partial charge on any atom is -0.479 e. The van der Waals surface area contributed by atoms with E-state index >= 15 is 0 Å². The highest BCUT2D eigenvalue weighted by Gasteiger charge is 2.33. The maximum Gasteiger partial charge on any atom is 0.343 e. The van der Waals surface area contributed by atoms with Crippen LogP contribution in [0.25, 0.3) is 0 Å². The number of thioether (sulfide) groups is 1. The number of carboxylic acid groups (broad SMARTS) is 1. The van der Waals surface area contributed by atoms with E-state index in [1.807, 2.05) is 0 Å². The van der Waals surface area contributed by atoms with E-state index in [4.69, 9.17) is 14.9 Å². The predicted molar refractivity (Wildman–Crippen MR) is 92.4 cm³/mol. The Bertz CT molecular complexity index is 439. The zero-order valence-electron chi connectivity index (χ0n) is 14.5. The second kappa shape index (κ2) is 10.1. The Morgan fingerprint density at radius 1 is 1.38 bits per heavy atom. The van der Waals surface area contributed by atoms with Crippen LogP contribution in [0.4, 0.5) is 0 Å². The number of aliphatic hydroxyl groups is 1. The molecule has 1 aliphatic heterocycles. The van der Waals surface area contributed by atoms with Crippen LogP contribution >= 0.6 is 11.8 Å². The molecular weight excluding hydrogens is 332 g/mol. The summed E-state index contributed by atoms with van der Waals surface area (Å²) in [6.45, 7) is 10.1. The maximum absolute atomic E-state index is 11.2. The summed E-state index contributed by atoms with van der Waals surface area (Å²) in [5.41, 5.74) is -0.875. The number of aliphatic hydroxyl groups excluding tert-OH is 1. The van der Waals surface area contributed by atoms with Crippen LogP contribution in [0.3, 0.4) is 0 Å². The smallest absolute Gasteiger partial charge is 0.343 e. The van der Waals surface area contributed by atoms with Gasteiger partial charge in [0.1, 0.15) is 6.10 Å². The average Bonchev–Trinajstić information content (AvgIpc) is 2.94. The number of carbonyl (C=O) groups is 2. The Kier molecular flexibility index (Phi) is 8.80. The van der Waals surface area contributed by atoms with Gasteiger partial charge in [-0.25, -0.2) is 9.59 Å². The molecule has 2 N–H and O–H groups in total. The lowest BCUT2D eigenvalue weighted by molar-refractivity contribution is -0.154. The zero-order valence-corrected chi connectivity index (χ0v) is 15.3. The Hall–Kier alpha value is -1.05. The van der Waals surface area contributed by atoms with Gasteiger partial charge in [0.25, 0.3) is 0 Å². The summed E-state index contributed by atoms with van der Waals surface area (Å²) in [7, 11) is 0. The molecule has 0 aromatic heterocycles. The topological polar surface area (TPSA) is 93.1 Å². The highest BCUT2D eigenvalue weighted by molar-refractivity contribution is 8.00. The second-order valence-electron chi connectivity index (χ2n) is 6.60. The monoisotopic (exact) mass is 360 g/mol. The van der Waals surface area contributed by atoms with Crippen molar-refractivity contribution in [1.29, 1.82) is 0 Å². The zero-order chi connectivity index (χ0) is 18.3. The van der Waals surface area contributed by atoms with Gasteiger partial charge in [0.2, 0.25) is 5.44 Å². The molecule has 1 aliphatic carbocycles. The molecule has 7 heteroatoms. The van der Waals surface area contributed by atoms with Crippen molar-refractivity contribution in [3.05, 3.63) is 12.7 Å². The molecule has 0 aromatic carbocycles. The first-order chi connectivity index (χ1) is 11.2. The average molecular weight is 360 g/mol. The first-order valence-electron chi connectivity index (χ1n) is 8.25. The van der Waals surface area contributed by atoms with Gasteiger partial charge in [0.15, 0.2) is 6.29 Å². The van der Waals surface area contributed by atoms with Gasteiger partial charge in [-0.2, -0.15) is 0 Å². The van der Waals surface area contributed by atoms with E-state index in [-0.39, 0.29) is 12.1 Å². The number of esters is 1. The lowest BCUT2D eigenvalue weighted by Crippen LogP contribution is -2.35. The van der Waals surface area contributed by atoms with Crippen molar-refractivity contribution >= 4 is 23.7 Å². The first kappa shape index (κ1) is 21.0. The van der Waals surface area contributed by atoms with E-state index in [1.54, 1.807) is 0 Å². The number of carboxylic acids is 1. The maximum atomic E-state index is 11.2. The molecule has 0 spiro atoms. The molecule has 24 heavy (non-hydrogen) atoms. The number of hydrogen-bond donors (Lipinski definition) is 2. The van der Waals surface area contributed by atoms with Crippen molar-refractivity contribution < 1.29 is 29.3 Å². The first-order valence-corrected chi connectivity index (χ1v) is 9.30. The van der Waals surface area contributed by atoms with Crippen molar-refractivity contribution in [3.63, 3.8) is 0 Å². The standard InChI is InChI=1S/C13H22O2.C4H6O4S/c1-5-13(14)15-12-8-10(4)6-7-11(12)9(2)3;5-2-1-9-4(8-2)3(6)7/h5,9-12H,1,6-8H2,2-4H3;2,4-5H,1H2,(H,6,7)/t;2-,4-/m.1/s1. The minimum atomic E-state index is -1.03. The SMILES string of the molecule is C=CC(=O)OC1CC(C)CCC1C(C)C.O=C(O)[C@@H]1O[C@@H](O)CS1. The van der Waals surface area contributed by atoms with Crippen LogP contribution in [0.1, 0.15) is 40.0 Å². The van der Waals surface area contributed by atoms with Gasteiger partial charge in [-0.15, -0.1) is 11.8 Å². The fourth-order valence-electron chi connectivity index (χ4n) is 2.97. The summed E-state index contributed by atoms with van der Waals surface area (Å²) in [5.74, 6) is 0.806. The van der Waals surface area contributed by atoms with Gasteiger partial charge in [-0.05, 0) is 30.6 Å². The van der Waals surface area contributed by atoms with Crippen molar-refractivity contribution in [2.45, 2.75) is 57.9 Å². The summed E-state index contributed by atoms with van der Waals surface area (Å²) in [6, 6.07) is 0. The molecule has 1 saturated carbocycles. The molecule has 2 aliphatic rings. The summed E-state index contributed by atoms with van der Waals surface area (Å²) >= 11 is 1.09. The molecule has 6 nitrogen and oxygen atoms in total. The number of hydrogen-bond acceptors (Lipinski definition) is 6. The van der Waals surface area contributed by atoms with E-state index in [0.29, 0.717) is 23.5 Å². The van der Waals surface area contributed by atoms with E-state index in [1.165, 1.54) is 18.9 Å². The fraction of sp³-hybridized carbons (Fsp3) is 0.765. The molecule has 3 unspecified atom stereocenters. The quantitative estimate of drug-likeness (QED) is 0.588. The van der Waals surface area contributed by atoms with Gasteiger partial charge in [0, 0.05) is 11.8 Å². The Morgan fingerprint density at radius 2 is 2.04 bits per heavy atom. The molecule has 138 valence electrons. The second-order valence-corrected chi connectivity index (χ2v) is 7.69. The molecule has 5 atom stereocenters. The molecule has 2 rings (SSSR count). The largest absolute Gasteiger partial charge is 0.479 e. The van der Waals surface area contributed by atoms with Crippen LogP contribution in [0.5, 0.6) is 0 Å². The van der Waals surface area contributed by atoms with E-state index in [2.05, 4.69) is 32.1 Å².